The number of aromatic amines is 1. The molecule has 0 atom stereocenters. The highest BCUT2D eigenvalue weighted by atomic mass is 32.2. The lowest BCUT2D eigenvalue weighted by Crippen LogP contribution is -2.07. The Morgan fingerprint density at radius 2 is 2.20 bits per heavy atom. The molecule has 1 aromatic carbocycles. The normalized spacial score (nSPS) is 11.2. The number of sulfone groups is 1. The Balaban J connectivity index is 2.40. The minimum absolute atomic E-state index is 0.152. The molecule has 0 aliphatic heterocycles. The van der Waals surface area contributed by atoms with Gasteiger partial charge in [-0.25, -0.2) is 8.42 Å². The summed E-state index contributed by atoms with van der Waals surface area (Å²) in [6.07, 6.45) is 4.15. The summed E-state index contributed by atoms with van der Waals surface area (Å²) in [6.45, 7) is 0.296. The Morgan fingerprint density at radius 3 is 2.75 bits per heavy atom. The van der Waals surface area contributed by atoms with E-state index < -0.39 is 20.4 Å². The number of para-hydroxylation sites is 1. The van der Waals surface area contributed by atoms with Crippen molar-refractivity contribution >= 4 is 21.2 Å². The summed E-state index contributed by atoms with van der Waals surface area (Å²) in [4.78, 5) is 10.1. The van der Waals surface area contributed by atoms with E-state index in [0.29, 0.717) is 6.54 Å². The molecule has 106 valence electrons. The average molecular weight is 296 g/mol. The van der Waals surface area contributed by atoms with Crippen LogP contribution in [0.4, 0.5) is 11.4 Å². The highest BCUT2D eigenvalue weighted by Gasteiger charge is 2.25. The van der Waals surface area contributed by atoms with Gasteiger partial charge in [0.05, 0.1) is 11.1 Å². The highest BCUT2D eigenvalue weighted by molar-refractivity contribution is 7.90. The van der Waals surface area contributed by atoms with E-state index in [4.69, 9.17) is 0 Å². The van der Waals surface area contributed by atoms with Gasteiger partial charge in [0.1, 0.15) is 10.6 Å². The second-order valence-electron chi connectivity index (χ2n) is 4.14. The topological polar surface area (TPSA) is 118 Å². The van der Waals surface area contributed by atoms with Crippen molar-refractivity contribution in [3.8, 4) is 0 Å². The molecule has 0 radical (unpaired) electrons. The van der Waals surface area contributed by atoms with Gasteiger partial charge in [0.15, 0.2) is 9.84 Å². The van der Waals surface area contributed by atoms with Crippen LogP contribution in [-0.4, -0.2) is 29.8 Å². The van der Waals surface area contributed by atoms with Gasteiger partial charge in [0, 0.05) is 24.6 Å². The minimum Gasteiger partial charge on any atom is -0.375 e. The third-order valence-electron chi connectivity index (χ3n) is 2.62. The molecule has 8 nitrogen and oxygen atoms in total. The van der Waals surface area contributed by atoms with E-state index in [0.717, 1.165) is 11.8 Å². The first-order valence-electron chi connectivity index (χ1n) is 5.58. The summed E-state index contributed by atoms with van der Waals surface area (Å²) in [6, 6.07) is 4.14. The highest BCUT2D eigenvalue weighted by Crippen LogP contribution is 2.32. The summed E-state index contributed by atoms with van der Waals surface area (Å²) in [5.41, 5.74) is 0.502. The number of benzene rings is 1. The van der Waals surface area contributed by atoms with Crippen molar-refractivity contribution in [3.63, 3.8) is 0 Å². The predicted octanol–water partition coefficient (Wildman–Crippen LogP) is 1.33. The first-order valence-corrected chi connectivity index (χ1v) is 7.47. The number of rotatable bonds is 5. The number of H-pyrrole nitrogens is 1. The van der Waals surface area contributed by atoms with Gasteiger partial charge in [-0.1, -0.05) is 6.07 Å². The van der Waals surface area contributed by atoms with Crippen LogP contribution < -0.4 is 5.32 Å². The number of anilines is 1. The quantitative estimate of drug-likeness (QED) is 0.634. The van der Waals surface area contributed by atoms with E-state index in [-0.39, 0.29) is 10.6 Å². The largest absolute Gasteiger partial charge is 0.375 e. The second kappa shape index (κ2) is 5.29. The zero-order valence-corrected chi connectivity index (χ0v) is 11.3. The van der Waals surface area contributed by atoms with Gasteiger partial charge in [-0.15, -0.1) is 0 Å². The van der Waals surface area contributed by atoms with Gasteiger partial charge in [-0.05, 0) is 12.1 Å². The van der Waals surface area contributed by atoms with Gasteiger partial charge in [0.2, 0.25) is 0 Å². The predicted molar refractivity (Wildman–Crippen MR) is 72.1 cm³/mol. The van der Waals surface area contributed by atoms with Crippen LogP contribution in [0, 0.1) is 10.1 Å². The van der Waals surface area contributed by atoms with E-state index in [1.165, 1.54) is 18.2 Å². The van der Waals surface area contributed by atoms with E-state index in [1.807, 2.05) is 0 Å². The molecule has 0 saturated carbocycles. The summed E-state index contributed by atoms with van der Waals surface area (Å²) < 4.78 is 23.2. The van der Waals surface area contributed by atoms with Gasteiger partial charge in [0.25, 0.3) is 0 Å². The summed E-state index contributed by atoms with van der Waals surface area (Å²) >= 11 is 0. The summed E-state index contributed by atoms with van der Waals surface area (Å²) in [5, 5.41) is 20.3. The fourth-order valence-electron chi connectivity index (χ4n) is 1.72. The molecule has 0 bridgehead atoms. The zero-order valence-electron chi connectivity index (χ0n) is 10.5. The third kappa shape index (κ3) is 2.94. The Kier molecular flexibility index (Phi) is 3.70. The van der Waals surface area contributed by atoms with Crippen LogP contribution in [0.1, 0.15) is 5.56 Å². The molecule has 0 spiro atoms. The SMILES string of the molecule is CS(=O)(=O)c1cccc(NCc2cn[nH]c2)c1[N+](=O)[O-]. The lowest BCUT2D eigenvalue weighted by molar-refractivity contribution is -0.386. The third-order valence-corrected chi connectivity index (χ3v) is 3.75. The van der Waals surface area contributed by atoms with Crippen molar-refractivity contribution in [2.45, 2.75) is 11.4 Å². The monoisotopic (exact) mass is 296 g/mol. The number of hydrogen-bond acceptors (Lipinski definition) is 6. The number of nitro groups is 1. The maximum atomic E-state index is 11.6. The Labute approximate surface area is 114 Å². The minimum atomic E-state index is -3.67. The number of hydrogen-bond donors (Lipinski definition) is 2. The number of nitrogens with one attached hydrogen (secondary N) is 2. The van der Waals surface area contributed by atoms with Crippen LogP contribution in [0.2, 0.25) is 0 Å². The van der Waals surface area contributed by atoms with Crippen LogP contribution >= 0.6 is 0 Å². The first-order chi connectivity index (χ1) is 9.39. The van der Waals surface area contributed by atoms with E-state index in [1.54, 1.807) is 12.4 Å². The van der Waals surface area contributed by atoms with Crippen molar-refractivity contribution in [2.24, 2.45) is 0 Å². The molecule has 2 aromatic rings. The van der Waals surface area contributed by atoms with Crippen LogP contribution in [-0.2, 0) is 16.4 Å². The fourth-order valence-corrected chi connectivity index (χ4v) is 2.59. The first kappa shape index (κ1) is 14.0. The van der Waals surface area contributed by atoms with Gasteiger partial charge >= 0.3 is 5.69 Å². The lowest BCUT2D eigenvalue weighted by atomic mass is 10.2. The maximum Gasteiger partial charge on any atom is 0.310 e. The second-order valence-corrected chi connectivity index (χ2v) is 6.13. The average Bonchev–Trinajstić information content (AvgIpc) is 2.87. The number of nitro benzene ring substituents is 1. The van der Waals surface area contributed by atoms with Crippen LogP contribution in [0.3, 0.4) is 0 Å². The molecule has 1 heterocycles. The van der Waals surface area contributed by atoms with E-state index in [2.05, 4.69) is 15.5 Å². The smallest absolute Gasteiger partial charge is 0.310 e. The van der Waals surface area contributed by atoms with Gasteiger partial charge < -0.3 is 5.32 Å². The molecule has 0 saturated heterocycles. The molecule has 9 heteroatoms. The van der Waals surface area contributed by atoms with Gasteiger partial charge in [-0.2, -0.15) is 5.10 Å². The molecule has 0 aliphatic carbocycles. The fraction of sp³-hybridized carbons (Fsp3) is 0.182. The number of aromatic nitrogens is 2. The van der Waals surface area contributed by atoms with Gasteiger partial charge in [-0.3, -0.25) is 15.2 Å². The van der Waals surface area contributed by atoms with Crippen molar-refractivity contribution in [1.29, 1.82) is 0 Å². The van der Waals surface area contributed by atoms with Crippen LogP contribution in [0.25, 0.3) is 0 Å². The van der Waals surface area contributed by atoms with E-state index in [9.17, 15) is 18.5 Å². The molecule has 2 N–H and O–H groups in total. The Morgan fingerprint density at radius 1 is 1.45 bits per heavy atom. The molecule has 0 amide bonds. The molecule has 0 unspecified atom stereocenters. The van der Waals surface area contributed by atoms with Crippen molar-refractivity contribution in [1.82, 2.24) is 10.2 Å². The standard InChI is InChI=1S/C11H12N4O4S/c1-20(18,19)10-4-2-3-9(11(10)15(16)17)12-5-8-6-13-14-7-8/h2-4,6-7,12H,5H2,1H3,(H,13,14). The summed E-state index contributed by atoms with van der Waals surface area (Å²) in [7, 11) is -3.67. The van der Waals surface area contributed by atoms with Crippen molar-refractivity contribution in [3.05, 3.63) is 46.3 Å². The van der Waals surface area contributed by atoms with Crippen LogP contribution in [0.15, 0.2) is 35.5 Å². The lowest BCUT2D eigenvalue weighted by Gasteiger charge is -2.08. The molecular formula is C11H12N4O4S. The molecule has 2 rings (SSSR count). The molecule has 20 heavy (non-hydrogen) atoms. The molecule has 0 aliphatic rings. The zero-order chi connectivity index (χ0) is 14.8. The number of nitrogens with zero attached hydrogens (tertiary/aromatic N) is 2. The Bertz CT molecular complexity index is 725. The van der Waals surface area contributed by atoms with Crippen molar-refractivity contribution in [2.75, 3.05) is 11.6 Å². The summed E-state index contributed by atoms with van der Waals surface area (Å²) in [5.74, 6) is 0. The molecular weight excluding hydrogens is 284 g/mol. The molecule has 1 aromatic heterocycles. The Hall–Kier alpha value is -2.42. The van der Waals surface area contributed by atoms with Crippen LogP contribution in [0.5, 0.6) is 0 Å². The molecule has 0 fully saturated rings. The maximum absolute atomic E-state index is 11.6. The van der Waals surface area contributed by atoms with E-state index >= 15 is 0 Å². The van der Waals surface area contributed by atoms with Crippen molar-refractivity contribution < 1.29 is 13.3 Å².